The first-order valence-corrected chi connectivity index (χ1v) is 8.67. The molecule has 0 spiro atoms. The predicted molar refractivity (Wildman–Crippen MR) is 73.2 cm³/mol. The van der Waals surface area contributed by atoms with Crippen molar-refractivity contribution in [3.05, 3.63) is 0 Å². The molecule has 2 saturated heterocycles. The van der Waals surface area contributed by atoms with Crippen molar-refractivity contribution < 1.29 is 23.1 Å². The zero-order chi connectivity index (χ0) is 14.8. The molecule has 0 saturated carbocycles. The molecule has 3 unspecified atom stereocenters. The van der Waals surface area contributed by atoms with E-state index < -0.39 is 22.0 Å². The number of aliphatic hydroxyl groups is 1. The summed E-state index contributed by atoms with van der Waals surface area (Å²) >= 11 is 0. The first-order chi connectivity index (χ1) is 9.45. The molecular weight excluding hydrogens is 284 g/mol. The molecule has 2 fully saturated rings. The maximum Gasteiger partial charge on any atom is 0.317 e. The SMILES string of the molecule is COC1CS(=O)(=O)CC1NC(=O)N1CCCC(CO)C1. The van der Waals surface area contributed by atoms with Gasteiger partial charge in [0.15, 0.2) is 9.84 Å². The molecule has 2 N–H and O–H groups in total. The number of carbonyl (C=O) groups is 1. The first-order valence-electron chi connectivity index (χ1n) is 6.84. The number of ether oxygens (including phenoxy) is 1. The highest BCUT2D eigenvalue weighted by atomic mass is 32.2. The molecule has 8 heteroatoms. The molecule has 20 heavy (non-hydrogen) atoms. The van der Waals surface area contributed by atoms with E-state index in [1.807, 2.05) is 0 Å². The molecule has 0 bridgehead atoms. The van der Waals surface area contributed by atoms with Crippen molar-refractivity contribution in [3.8, 4) is 0 Å². The van der Waals surface area contributed by atoms with E-state index in [-0.39, 0.29) is 30.1 Å². The van der Waals surface area contributed by atoms with Gasteiger partial charge in [0.25, 0.3) is 0 Å². The van der Waals surface area contributed by atoms with Gasteiger partial charge in [-0.05, 0) is 18.8 Å². The number of hydrogen-bond donors (Lipinski definition) is 2. The molecule has 2 amide bonds. The summed E-state index contributed by atoms with van der Waals surface area (Å²) < 4.78 is 28.3. The Morgan fingerprint density at radius 1 is 1.45 bits per heavy atom. The Kier molecular flexibility index (Phi) is 4.87. The number of nitrogens with one attached hydrogen (secondary N) is 1. The van der Waals surface area contributed by atoms with Crippen molar-refractivity contribution >= 4 is 15.9 Å². The third-order valence-corrected chi connectivity index (χ3v) is 5.68. The summed E-state index contributed by atoms with van der Waals surface area (Å²) in [5.74, 6) is -0.0116. The lowest BCUT2D eigenvalue weighted by Crippen LogP contribution is -2.52. The highest BCUT2D eigenvalue weighted by molar-refractivity contribution is 7.91. The Labute approximate surface area is 119 Å². The third kappa shape index (κ3) is 3.62. The van der Waals surface area contributed by atoms with Crippen LogP contribution in [0, 0.1) is 5.92 Å². The maximum atomic E-state index is 12.2. The summed E-state index contributed by atoms with van der Waals surface area (Å²) in [4.78, 5) is 13.8. The monoisotopic (exact) mass is 306 g/mol. The molecule has 2 rings (SSSR count). The minimum absolute atomic E-state index is 0.0479. The number of amides is 2. The fourth-order valence-corrected chi connectivity index (χ4v) is 4.68. The Hall–Kier alpha value is -0.860. The molecule has 0 aromatic carbocycles. The van der Waals surface area contributed by atoms with Gasteiger partial charge in [0, 0.05) is 26.8 Å². The summed E-state index contributed by atoms with van der Waals surface area (Å²) in [7, 11) is -1.70. The van der Waals surface area contributed by atoms with Crippen LogP contribution < -0.4 is 5.32 Å². The van der Waals surface area contributed by atoms with Crippen LogP contribution in [-0.4, -0.2) is 74.9 Å². The van der Waals surface area contributed by atoms with Crippen LogP contribution in [0.15, 0.2) is 0 Å². The molecule has 0 radical (unpaired) electrons. The van der Waals surface area contributed by atoms with E-state index in [0.717, 1.165) is 12.8 Å². The van der Waals surface area contributed by atoms with Crippen LogP contribution in [0.25, 0.3) is 0 Å². The van der Waals surface area contributed by atoms with E-state index in [9.17, 15) is 13.2 Å². The minimum atomic E-state index is -3.15. The van der Waals surface area contributed by atoms with E-state index >= 15 is 0 Å². The molecule has 2 aliphatic heterocycles. The lowest BCUT2D eigenvalue weighted by atomic mass is 9.99. The van der Waals surface area contributed by atoms with E-state index in [4.69, 9.17) is 9.84 Å². The zero-order valence-corrected chi connectivity index (χ0v) is 12.4. The van der Waals surface area contributed by atoms with E-state index in [1.54, 1.807) is 4.90 Å². The van der Waals surface area contributed by atoms with Crippen molar-refractivity contribution in [3.63, 3.8) is 0 Å². The topological polar surface area (TPSA) is 95.9 Å². The largest absolute Gasteiger partial charge is 0.396 e. The highest BCUT2D eigenvalue weighted by Gasteiger charge is 2.39. The second kappa shape index (κ2) is 6.28. The highest BCUT2D eigenvalue weighted by Crippen LogP contribution is 2.18. The lowest BCUT2D eigenvalue weighted by molar-refractivity contribution is 0.0922. The van der Waals surface area contributed by atoms with Crippen LogP contribution in [0.1, 0.15) is 12.8 Å². The Morgan fingerprint density at radius 2 is 2.20 bits per heavy atom. The zero-order valence-electron chi connectivity index (χ0n) is 11.6. The number of urea groups is 1. The van der Waals surface area contributed by atoms with Crippen LogP contribution in [0.4, 0.5) is 4.79 Å². The lowest BCUT2D eigenvalue weighted by Gasteiger charge is -2.33. The van der Waals surface area contributed by atoms with Gasteiger partial charge in [0.2, 0.25) is 0 Å². The Morgan fingerprint density at radius 3 is 2.85 bits per heavy atom. The van der Waals surface area contributed by atoms with Crippen molar-refractivity contribution in [2.24, 2.45) is 5.92 Å². The predicted octanol–water partition coefficient (Wildman–Crippen LogP) is -0.788. The molecule has 116 valence electrons. The van der Waals surface area contributed by atoms with Gasteiger partial charge in [0.05, 0.1) is 23.7 Å². The van der Waals surface area contributed by atoms with Gasteiger partial charge in [0.1, 0.15) is 0 Å². The van der Waals surface area contributed by atoms with Crippen LogP contribution in [-0.2, 0) is 14.6 Å². The van der Waals surface area contributed by atoms with E-state index in [1.165, 1.54) is 7.11 Å². The number of hydrogen-bond acceptors (Lipinski definition) is 5. The molecule has 2 aliphatic rings. The number of likely N-dealkylation sites (tertiary alicyclic amines) is 1. The number of rotatable bonds is 3. The summed E-state index contributed by atoms with van der Waals surface area (Å²) in [6, 6.07) is -0.765. The van der Waals surface area contributed by atoms with E-state index in [0.29, 0.717) is 13.1 Å². The van der Waals surface area contributed by atoms with Crippen LogP contribution in [0.2, 0.25) is 0 Å². The van der Waals surface area contributed by atoms with Gasteiger partial charge in [-0.3, -0.25) is 0 Å². The van der Waals surface area contributed by atoms with E-state index in [2.05, 4.69) is 5.32 Å². The summed E-state index contributed by atoms with van der Waals surface area (Å²) in [6.07, 6.45) is 1.29. The van der Waals surface area contributed by atoms with Crippen molar-refractivity contribution in [1.29, 1.82) is 0 Å². The molecule has 0 aromatic heterocycles. The smallest absolute Gasteiger partial charge is 0.317 e. The van der Waals surface area contributed by atoms with Gasteiger partial charge >= 0.3 is 6.03 Å². The Balaban J connectivity index is 1.94. The van der Waals surface area contributed by atoms with Crippen molar-refractivity contribution in [1.82, 2.24) is 10.2 Å². The molecule has 7 nitrogen and oxygen atoms in total. The number of sulfone groups is 1. The first kappa shape index (κ1) is 15.5. The number of piperidine rings is 1. The minimum Gasteiger partial charge on any atom is -0.396 e. The number of nitrogens with zero attached hydrogens (tertiary/aromatic N) is 1. The summed E-state index contributed by atoms with van der Waals surface area (Å²) in [5.41, 5.74) is 0. The normalized spacial score (nSPS) is 33.1. The number of carbonyl (C=O) groups excluding carboxylic acids is 1. The molecule has 0 aliphatic carbocycles. The molecule has 2 heterocycles. The average Bonchev–Trinajstić information content (AvgIpc) is 2.73. The van der Waals surface area contributed by atoms with Gasteiger partial charge in [-0.2, -0.15) is 0 Å². The second-order valence-corrected chi connectivity index (χ2v) is 7.70. The molecule has 0 aromatic rings. The van der Waals surface area contributed by atoms with Gasteiger partial charge in [-0.25, -0.2) is 13.2 Å². The molecule has 3 atom stereocenters. The number of methoxy groups -OCH3 is 1. The quantitative estimate of drug-likeness (QED) is 0.712. The fourth-order valence-electron chi connectivity index (χ4n) is 2.83. The second-order valence-electron chi connectivity index (χ2n) is 5.54. The number of aliphatic hydroxyl groups excluding tert-OH is 1. The Bertz CT molecular complexity index is 453. The van der Waals surface area contributed by atoms with Crippen LogP contribution in [0.5, 0.6) is 0 Å². The van der Waals surface area contributed by atoms with Crippen molar-refractivity contribution in [2.75, 3.05) is 38.3 Å². The summed E-state index contributed by atoms with van der Waals surface area (Å²) in [6.45, 7) is 1.22. The van der Waals surface area contributed by atoms with Crippen LogP contribution >= 0.6 is 0 Å². The maximum absolute atomic E-state index is 12.2. The standard InChI is InChI=1S/C12H22N2O5S/c1-19-11-8-20(17,18)7-10(11)13-12(16)14-4-2-3-9(5-14)6-15/h9-11,15H,2-8H2,1H3,(H,13,16). The van der Waals surface area contributed by atoms with Gasteiger partial charge < -0.3 is 20.1 Å². The third-order valence-electron chi connectivity index (χ3n) is 3.98. The summed E-state index contributed by atoms with van der Waals surface area (Å²) in [5, 5.41) is 11.9. The van der Waals surface area contributed by atoms with Gasteiger partial charge in [-0.15, -0.1) is 0 Å². The van der Waals surface area contributed by atoms with Crippen LogP contribution in [0.3, 0.4) is 0 Å². The average molecular weight is 306 g/mol. The van der Waals surface area contributed by atoms with Crippen molar-refractivity contribution in [2.45, 2.75) is 25.0 Å². The fraction of sp³-hybridized carbons (Fsp3) is 0.917. The molecular formula is C12H22N2O5S. The van der Waals surface area contributed by atoms with Gasteiger partial charge in [-0.1, -0.05) is 0 Å².